The quantitative estimate of drug-likeness (QED) is 0.0700. The average Bonchev–Trinajstić information content (AvgIpc) is 4.28. The normalized spacial score (nSPS) is 24.4. The number of carbonyl (C=O) groups is 2. The number of thiazole rings is 1. The van der Waals surface area contributed by atoms with E-state index in [4.69, 9.17) is 15.0 Å². The Morgan fingerprint density at radius 2 is 1.56 bits per heavy atom. The summed E-state index contributed by atoms with van der Waals surface area (Å²) in [7, 11) is 0. The van der Waals surface area contributed by atoms with E-state index < -0.39 is 18.1 Å². The van der Waals surface area contributed by atoms with Crippen LogP contribution in [0.1, 0.15) is 94.7 Å². The van der Waals surface area contributed by atoms with Crippen molar-refractivity contribution in [3.63, 3.8) is 0 Å². The van der Waals surface area contributed by atoms with Gasteiger partial charge in [0.1, 0.15) is 23.8 Å². The fraction of sp³-hybridized carbons (Fsp3) is 0.525. The number of rotatable bonds is 17. The molecule has 6 unspecified atom stereocenters. The van der Waals surface area contributed by atoms with Crippen molar-refractivity contribution in [3.05, 3.63) is 102 Å². The number of phenols is 1. The second kappa shape index (κ2) is 23.5. The molecule has 9 heterocycles. The van der Waals surface area contributed by atoms with Crippen LogP contribution in [0.5, 0.6) is 11.6 Å². The highest BCUT2D eigenvalue weighted by Crippen LogP contribution is 2.41. The van der Waals surface area contributed by atoms with Crippen molar-refractivity contribution in [1.29, 1.82) is 0 Å². The SMILES string of the molecule is Cc1ncsc1-c1ccc(C(C)NC(=O)C2CC(O)CN2C(=O)C(c2cc(N3CCN(CC4CCN(CC5CC(Oc6cc(N7C8CCC7CN(c7cc(-c9ccccc9O)nnc7N)C8)ccn6)C5)CC4)CC3)no2)C(C)C)cc1. The fourth-order valence-electron chi connectivity index (χ4n) is 13.6. The number of aliphatic hydroxyl groups excluding tert-OH is 1. The molecule has 0 spiro atoms. The second-order valence-electron chi connectivity index (χ2n) is 24.0. The third-order valence-electron chi connectivity index (χ3n) is 18.1. The van der Waals surface area contributed by atoms with E-state index in [1.165, 1.54) is 12.8 Å². The molecule has 5 saturated heterocycles. The van der Waals surface area contributed by atoms with Crippen molar-refractivity contribution >= 4 is 46.2 Å². The number of benzene rings is 2. The van der Waals surface area contributed by atoms with E-state index in [9.17, 15) is 19.8 Å². The molecule has 19 nitrogen and oxygen atoms in total. The topological polar surface area (TPSA) is 219 Å². The summed E-state index contributed by atoms with van der Waals surface area (Å²) in [4.78, 5) is 52.3. The summed E-state index contributed by atoms with van der Waals surface area (Å²) in [6, 6.07) is 22.9. The number of hydrogen-bond donors (Lipinski definition) is 4. The predicted molar refractivity (Wildman–Crippen MR) is 313 cm³/mol. The van der Waals surface area contributed by atoms with Gasteiger partial charge < -0.3 is 55.0 Å². The number of phenolic OH excluding ortho intramolecular Hbond substituents is 1. The molecule has 0 radical (unpaired) electrons. The standard InChI is InChI=1S/C61H77N13O6S/c1-37(2)57(61(78)73-35-47(75)28-52(73)60(77)65-38(3)42-9-11-43(12-10-42)58-39(4)64-36-81-58)54-30-55(68-80-54)71-23-21-70(22-24-71)31-40-16-19-69(20-17-40)32-41-25-48(26-41)79-56-27-44(15-18-63-56)74-45-13-14-46(74)34-72(33-45)51-29-50(66-67-59(51)62)49-7-5-6-8-53(49)76/h5-12,15,18,27,29-30,36-38,40-41,45-48,52,57,75-76H,13-14,16-17,19-26,28,31-35H2,1-4H3,(H2,62,67)(H,65,77). The van der Waals surface area contributed by atoms with Crippen molar-refractivity contribution in [2.75, 3.05) is 92.4 Å². The lowest BCUT2D eigenvalue weighted by Crippen LogP contribution is -2.54. The number of pyridine rings is 1. The zero-order valence-corrected chi connectivity index (χ0v) is 47.8. The average molecular weight is 1120 g/mol. The van der Waals surface area contributed by atoms with Crippen LogP contribution >= 0.6 is 11.3 Å². The Bertz CT molecular complexity index is 3140. The van der Waals surface area contributed by atoms with Crippen LogP contribution < -0.4 is 30.5 Å². The number of likely N-dealkylation sites (tertiary alicyclic amines) is 2. The van der Waals surface area contributed by atoms with Gasteiger partial charge in [-0.3, -0.25) is 14.5 Å². The van der Waals surface area contributed by atoms with Gasteiger partial charge in [0.2, 0.25) is 17.7 Å². The molecule has 1 saturated carbocycles. The first-order valence-electron chi connectivity index (χ1n) is 29.3. The molecule has 2 aromatic carbocycles. The number of fused-ring (bicyclic) bond motifs is 2. The number of β-amino-alcohol motifs (C(OH)–C–C–N with tert-alkyl or cyclic N) is 1. The van der Waals surface area contributed by atoms with Gasteiger partial charge in [-0.15, -0.1) is 21.5 Å². The smallest absolute Gasteiger partial charge is 0.243 e. The summed E-state index contributed by atoms with van der Waals surface area (Å²) in [5.41, 5.74) is 14.5. The number of ether oxygens (including phenoxy) is 1. The molecule has 1 aliphatic carbocycles. The van der Waals surface area contributed by atoms with Gasteiger partial charge in [-0.25, -0.2) is 9.97 Å². The monoisotopic (exact) mass is 1120 g/mol. The van der Waals surface area contributed by atoms with Crippen molar-refractivity contribution in [2.24, 2.45) is 17.8 Å². The molecule has 5 aliphatic heterocycles. The van der Waals surface area contributed by atoms with Crippen LogP contribution in [-0.2, 0) is 9.59 Å². The van der Waals surface area contributed by atoms with E-state index in [0.717, 1.165) is 130 Å². The first-order valence-corrected chi connectivity index (χ1v) is 30.2. The van der Waals surface area contributed by atoms with Crippen molar-refractivity contribution in [3.8, 4) is 33.3 Å². The largest absolute Gasteiger partial charge is 0.507 e. The van der Waals surface area contributed by atoms with E-state index in [-0.39, 0.29) is 48.6 Å². The molecule has 6 fully saturated rings. The molecule has 2 amide bonds. The highest BCUT2D eigenvalue weighted by Gasteiger charge is 2.45. The van der Waals surface area contributed by atoms with E-state index in [2.05, 4.69) is 67.3 Å². The number of anilines is 4. The molecule has 6 aromatic rings. The molecule has 4 aromatic heterocycles. The Morgan fingerprint density at radius 3 is 2.27 bits per heavy atom. The van der Waals surface area contributed by atoms with Gasteiger partial charge in [-0.05, 0) is 119 Å². The maximum atomic E-state index is 14.4. The highest BCUT2D eigenvalue weighted by atomic mass is 32.1. The molecule has 12 rings (SSSR count). The van der Waals surface area contributed by atoms with E-state index >= 15 is 0 Å². The highest BCUT2D eigenvalue weighted by molar-refractivity contribution is 7.13. The van der Waals surface area contributed by atoms with Gasteiger partial charge in [-0.2, -0.15) is 0 Å². The number of amides is 2. The van der Waals surface area contributed by atoms with Crippen LogP contribution in [0, 0.1) is 24.7 Å². The predicted octanol–water partition coefficient (Wildman–Crippen LogP) is 7.37. The van der Waals surface area contributed by atoms with Gasteiger partial charge in [0.25, 0.3) is 0 Å². The molecule has 6 atom stereocenters. The van der Waals surface area contributed by atoms with E-state index in [0.29, 0.717) is 52.6 Å². The Morgan fingerprint density at radius 1 is 0.827 bits per heavy atom. The number of para-hydroxylation sites is 1. The molecule has 20 heteroatoms. The first-order chi connectivity index (χ1) is 39.3. The van der Waals surface area contributed by atoms with Gasteiger partial charge in [0.05, 0.1) is 39.6 Å². The lowest BCUT2D eigenvalue weighted by Gasteiger charge is -2.43. The number of carbonyl (C=O) groups excluding carboxylic acids is 2. The molecule has 5 N–H and O–H groups in total. The number of hydrogen-bond acceptors (Lipinski definition) is 18. The Hall–Kier alpha value is -6.87. The molecule has 428 valence electrons. The number of nitrogens with two attached hydrogens (primary N) is 1. The summed E-state index contributed by atoms with van der Waals surface area (Å²) >= 11 is 1.60. The van der Waals surface area contributed by atoms with Crippen LogP contribution in [0.3, 0.4) is 0 Å². The zero-order chi connectivity index (χ0) is 55.9. The van der Waals surface area contributed by atoms with Crippen LogP contribution in [-0.4, -0.2) is 164 Å². The number of nitrogens with zero attached hydrogens (tertiary/aromatic N) is 11. The van der Waals surface area contributed by atoms with Crippen molar-refractivity contribution in [2.45, 2.75) is 115 Å². The first kappa shape index (κ1) is 54.7. The number of aliphatic hydroxyl groups is 1. The molecular weight excluding hydrogens is 1040 g/mol. The van der Waals surface area contributed by atoms with Crippen LogP contribution in [0.4, 0.5) is 23.0 Å². The lowest BCUT2D eigenvalue weighted by molar-refractivity contribution is -0.141. The minimum atomic E-state index is -0.800. The molecule has 6 aliphatic rings. The lowest BCUT2D eigenvalue weighted by atomic mass is 9.81. The van der Waals surface area contributed by atoms with E-state index in [1.54, 1.807) is 28.4 Å². The van der Waals surface area contributed by atoms with Crippen LogP contribution in [0.15, 0.2) is 89.0 Å². The Labute approximate surface area is 478 Å². The van der Waals surface area contributed by atoms with Crippen LogP contribution in [0.2, 0.25) is 0 Å². The number of nitrogen functional groups attached to an aromatic ring is 1. The third kappa shape index (κ3) is 11.8. The Balaban J connectivity index is 0.564. The third-order valence-corrected chi connectivity index (χ3v) is 19.1. The molecule has 2 bridgehead atoms. The number of piperidine rings is 1. The van der Waals surface area contributed by atoms with Gasteiger partial charge in [0, 0.05) is 107 Å². The molecular formula is C61H77N13O6S. The van der Waals surface area contributed by atoms with Crippen molar-refractivity contribution < 1.29 is 29.1 Å². The number of aromatic hydroxyl groups is 1. The number of aryl methyl sites for hydroxylation is 1. The maximum Gasteiger partial charge on any atom is 0.243 e. The van der Waals surface area contributed by atoms with Crippen LogP contribution in [0.25, 0.3) is 21.7 Å². The fourth-order valence-corrected chi connectivity index (χ4v) is 14.4. The molecule has 81 heavy (non-hydrogen) atoms. The van der Waals surface area contributed by atoms with Gasteiger partial charge in [-0.1, -0.05) is 55.4 Å². The summed E-state index contributed by atoms with van der Waals surface area (Å²) in [6.45, 7) is 17.6. The number of piperazine rings is 2. The Kier molecular flexibility index (Phi) is 15.9. The minimum absolute atomic E-state index is 0.0872. The van der Waals surface area contributed by atoms with Gasteiger partial charge >= 0.3 is 0 Å². The minimum Gasteiger partial charge on any atom is -0.507 e. The van der Waals surface area contributed by atoms with Crippen molar-refractivity contribution in [1.82, 2.24) is 45.3 Å². The summed E-state index contributed by atoms with van der Waals surface area (Å²) in [6.07, 6.45) is 8.16. The summed E-state index contributed by atoms with van der Waals surface area (Å²) in [5, 5.41) is 37.5. The number of aromatic nitrogens is 5. The van der Waals surface area contributed by atoms with E-state index in [1.807, 2.05) is 87.9 Å². The maximum absolute atomic E-state index is 14.4. The summed E-state index contributed by atoms with van der Waals surface area (Å²) in [5.74, 6) is 2.51. The number of nitrogens with one attached hydrogen (secondary N) is 1. The van der Waals surface area contributed by atoms with Gasteiger partial charge in [0.15, 0.2) is 17.4 Å². The summed E-state index contributed by atoms with van der Waals surface area (Å²) < 4.78 is 12.5. The second-order valence-corrected chi connectivity index (χ2v) is 24.9. The zero-order valence-electron chi connectivity index (χ0n) is 47.0.